The Morgan fingerprint density at radius 3 is 2.85 bits per heavy atom. The van der Waals surface area contributed by atoms with Gasteiger partial charge in [-0.25, -0.2) is 9.97 Å². The summed E-state index contributed by atoms with van der Waals surface area (Å²) in [4.78, 5) is 24.6. The highest BCUT2D eigenvalue weighted by molar-refractivity contribution is 6.31. The van der Waals surface area contributed by atoms with Crippen LogP contribution in [-0.4, -0.2) is 36.6 Å². The first kappa shape index (κ1) is 16.5. The summed E-state index contributed by atoms with van der Waals surface area (Å²) in [6.45, 7) is 5.79. The Labute approximate surface area is 154 Å². The summed E-state index contributed by atoms with van der Waals surface area (Å²) in [5.41, 5.74) is 3.22. The molecule has 0 saturated heterocycles. The second-order valence-electron chi connectivity index (χ2n) is 7.12. The summed E-state index contributed by atoms with van der Waals surface area (Å²) >= 11 is 6.02. The number of H-pyrrole nitrogens is 2. The number of carbonyl (C=O) groups excluding carboxylic acids is 1. The quantitative estimate of drug-likeness (QED) is 0.502. The van der Waals surface area contributed by atoms with E-state index < -0.39 is 0 Å². The van der Waals surface area contributed by atoms with E-state index in [4.69, 9.17) is 11.6 Å². The van der Waals surface area contributed by atoms with Crippen LogP contribution in [0.15, 0.2) is 30.6 Å². The van der Waals surface area contributed by atoms with E-state index in [9.17, 15) is 4.79 Å². The third kappa shape index (κ3) is 2.90. The number of amides is 1. The highest BCUT2D eigenvalue weighted by Gasteiger charge is 2.20. The summed E-state index contributed by atoms with van der Waals surface area (Å²) < 4.78 is 0. The lowest BCUT2D eigenvalue weighted by molar-refractivity contribution is 0.0921. The zero-order valence-corrected chi connectivity index (χ0v) is 15.3. The van der Waals surface area contributed by atoms with Crippen molar-refractivity contribution in [1.29, 1.82) is 0 Å². The molecule has 3 aromatic heterocycles. The smallest absolute Gasteiger partial charge is 0.255 e. The number of nitrogens with zero attached hydrogens (tertiary/aromatic N) is 3. The fourth-order valence-corrected chi connectivity index (χ4v) is 2.95. The van der Waals surface area contributed by atoms with Crippen LogP contribution in [0.3, 0.4) is 0 Å². The van der Waals surface area contributed by atoms with Crippen LogP contribution in [0, 0.1) is 0 Å². The van der Waals surface area contributed by atoms with Gasteiger partial charge in [0.25, 0.3) is 5.91 Å². The molecular weight excluding hydrogens is 352 g/mol. The number of nitrogens with one attached hydrogen (secondary N) is 3. The predicted molar refractivity (Wildman–Crippen MR) is 101 cm³/mol. The lowest BCUT2D eigenvalue weighted by atomic mass is 10.1. The van der Waals surface area contributed by atoms with E-state index in [2.05, 4.69) is 30.5 Å². The van der Waals surface area contributed by atoms with E-state index in [1.54, 1.807) is 24.5 Å². The van der Waals surface area contributed by atoms with Crippen molar-refractivity contribution in [2.24, 2.45) is 0 Å². The molecule has 3 heterocycles. The first-order valence-corrected chi connectivity index (χ1v) is 8.50. The van der Waals surface area contributed by atoms with Gasteiger partial charge in [0.05, 0.1) is 17.3 Å². The maximum Gasteiger partial charge on any atom is 0.255 e. The molecule has 0 aliphatic heterocycles. The molecule has 4 aromatic rings. The third-order valence-electron chi connectivity index (χ3n) is 3.88. The monoisotopic (exact) mass is 368 g/mol. The minimum absolute atomic E-state index is 0.200. The number of fused-ring (bicyclic) bond motifs is 2. The van der Waals surface area contributed by atoms with Gasteiger partial charge in [-0.1, -0.05) is 11.6 Å². The summed E-state index contributed by atoms with van der Waals surface area (Å²) in [5.74, 6) is -0.200. The van der Waals surface area contributed by atoms with Crippen molar-refractivity contribution < 1.29 is 4.79 Å². The standard InChI is InChI=1S/C18H17ClN6O/c1-18(2,3)23-17(26)11-7-20-16-15(11)22-13(8-21-16)14-10-5-4-9(19)6-12(10)24-25-14/h4-8H,1-3H3,(H,20,21)(H,23,26)(H,24,25). The van der Waals surface area contributed by atoms with Gasteiger partial charge in [0.1, 0.15) is 16.9 Å². The van der Waals surface area contributed by atoms with E-state index in [1.807, 2.05) is 26.8 Å². The van der Waals surface area contributed by atoms with Gasteiger partial charge in [0.2, 0.25) is 0 Å². The fourth-order valence-electron chi connectivity index (χ4n) is 2.77. The molecule has 0 aliphatic rings. The molecule has 0 saturated carbocycles. The Morgan fingerprint density at radius 2 is 2.08 bits per heavy atom. The Kier molecular flexibility index (Phi) is 3.69. The number of hydrogen-bond acceptors (Lipinski definition) is 4. The van der Waals surface area contributed by atoms with Gasteiger partial charge >= 0.3 is 0 Å². The van der Waals surface area contributed by atoms with Crippen LogP contribution < -0.4 is 5.32 Å². The first-order valence-electron chi connectivity index (χ1n) is 8.12. The summed E-state index contributed by atoms with van der Waals surface area (Å²) in [6.07, 6.45) is 3.26. The number of aromatic amines is 2. The fraction of sp³-hybridized carbons (Fsp3) is 0.222. The van der Waals surface area contributed by atoms with Crippen molar-refractivity contribution in [3.63, 3.8) is 0 Å². The highest BCUT2D eigenvalue weighted by atomic mass is 35.5. The molecule has 4 rings (SSSR count). The van der Waals surface area contributed by atoms with E-state index in [0.717, 1.165) is 10.9 Å². The van der Waals surface area contributed by atoms with Crippen LogP contribution in [0.4, 0.5) is 0 Å². The van der Waals surface area contributed by atoms with E-state index in [0.29, 0.717) is 33.1 Å². The topological polar surface area (TPSA) is 99.4 Å². The zero-order chi connectivity index (χ0) is 18.5. The molecule has 26 heavy (non-hydrogen) atoms. The Hall–Kier alpha value is -2.93. The van der Waals surface area contributed by atoms with Gasteiger partial charge in [-0.05, 0) is 39.0 Å². The van der Waals surface area contributed by atoms with Crippen molar-refractivity contribution in [2.45, 2.75) is 26.3 Å². The van der Waals surface area contributed by atoms with Crippen molar-refractivity contribution >= 4 is 39.6 Å². The lowest BCUT2D eigenvalue weighted by Gasteiger charge is -2.19. The number of aromatic nitrogens is 5. The second kappa shape index (κ2) is 5.81. The van der Waals surface area contributed by atoms with Crippen LogP contribution in [-0.2, 0) is 0 Å². The largest absolute Gasteiger partial charge is 0.347 e. The number of carbonyl (C=O) groups is 1. The summed E-state index contributed by atoms with van der Waals surface area (Å²) in [7, 11) is 0. The average molecular weight is 369 g/mol. The van der Waals surface area contributed by atoms with Gasteiger partial charge < -0.3 is 10.3 Å². The number of benzene rings is 1. The maximum absolute atomic E-state index is 12.5. The van der Waals surface area contributed by atoms with Crippen LogP contribution in [0.2, 0.25) is 5.02 Å². The third-order valence-corrected chi connectivity index (χ3v) is 4.12. The molecule has 0 fully saturated rings. The minimum Gasteiger partial charge on any atom is -0.347 e. The normalized spacial score (nSPS) is 12.0. The summed E-state index contributed by atoms with van der Waals surface area (Å²) in [6, 6.07) is 5.48. The molecule has 0 aliphatic carbocycles. The molecule has 132 valence electrons. The van der Waals surface area contributed by atoms with E-state index >= 15 is 0 Å². The van der Waals surface area contributed by atoms with Gasteiger partial charge in [-0.3, -0.25) is 9.89 Å². The molecule has 0 radical (unpaired) electrons. The average Bonchev–Trinajstić information content (AvgIpc) is 3.15. The molecule has 0 atom stereocenters. The molecule has 0 unspecified atom stereocenters. The number of rotatable bonds is 2. The molecule has 1 aromatic carbocycles. The van der Waals surface area contributed by atoms with Gasteiger partial charge in [0.15, 0.2) is 5.65 Å². The van der Waals surface area contributed by atoms with Gasteiger partial charge in [0, 0.05) is 22.1 Å². The SMILES string of the molecule is CC(C)(C)NC(=O)c1c[nH]c2ncc(-c3n[nH]c4cc(Cl)ccc34)nc12. The van der Waals surface area contributed by atoms with E-state index in [-0.39, 0.29) is 11.4 Å². The van der Waals surface area contributed by atoms with Crippen LogP contribution in [0.5, 0.6) is 0 Å². The maximum atomic E-state index is 12.5. The molecule has 3 N–H and O–H groups in total. The molecule has 7 nitrogen and oxygen atoms in total. The molecule has 1 amide bonds. The van der Waals surface area contributed by atoms with Gasteiger partial charge in [-0.2, -0.15) is 5.10 Å². The highest BCUT2D eigenvalue weighted by Crippen LogP contribution is 2.28. The Morgan fingerprint density at radius 1 is 1.27 bits per heavy atom. The van der Waals surface area contributed by atoms with Crippen molar-refractivity contribution in [3.8, 4) is 11.4 Å². The van der Waals surface area contributed by atoms with E-state index in [1.165, 1.54) is 0 Å². The Bertz CT molecular complexity index is 1140. The van der Waals surface area contributed by atoms with Crippen molar-refractivity contribution in [3.05, 3.63) is 41.2 Å². The summed E-state index contributed by atoms with van der Waals surface area (Å²) in [5, 5.41) is 11.7. The molecule has 0 bridgehead atoms. The number of halogens is 1. The predicted octanol–water partition coefficient (Wildman–Crippen LogP) is 3.68. The van der Waals surface area contributed by atoms with Crippen LogP contribution in [0.25, 0.3) is 33.5 Å². The minimum atomic E-state index is -0.344. The zero-order valence-electron chi connectivity index (χ0n) is 14.5. The molecule has 8 heteroatoms. The first-order chi connectivity index (χ1) is 12.3. The van der Waals surface area contributed by atoms with Crippen LogP contribution in [0.1, 0.15) is 31.1 Å². The lowest BCUT2D eigenvalue weighted by Crippen LogP contribution is -2.40. The second-order valence-corrected chi connectivity index (χ2v) is 7.56. The van der Waals surface area contributed by atoms with Crippen molar-refractivity contribution in [1.82, 2.24) is 30.5 Å². The molecular formula is C18H17ClN6O. The number of hydrogen-bond donors (Lipinski definition) is 3. The Balaban J connectivity index is 1.82. The van der Waals surface area contributed by atoms with Crippen LogP contribution >= 0.6 is 11.6 Å². The van der Waals surface area contributed by atoms with Gasteiger partial charge in [-0.15, -0.1) is 0 Å². The molecule has 0 spiro atoms. The van der Waals surface area contributed by atoms with Crippen molar-refractivity contribution in [2.75, 3.05) is 0 Å².